The minimum absolute atomic E-state index is 0.246. The summed E-state index contributed by atoms with van der Waals surface area (Å²) in [5.74, 6) is 5.34. The molecule has 0 atom stereocenters. The van der Waals surface area contributed by atoms with Crippen LogP contribution in [-0.2, 0) is 0 Å². The second-order valence-corrected chi connectivity index (χ2v) is 3.76. The average molecular weight is 251 g/mol. The van der Waals surface area contributed by atoms with E-state index in [1.165, 1.54) is 0 Å². The quantitative estimate of drug-likeness (QED) is 0.797. The van der Waals surface area contributed by atoms with Gasteiger partial charge in [0, 0.05) is 17.4 Å². The molecule has 4 nitrogen and oxygen atoms in total. The zero-order valence-electron chi connectivity index (χ0n) is 10.3. The largest absolute Gasteiger partial charge is 0.321 e. The Morgan fingerprint density at radius 3 is 2.63 bits per heavy atom. The van der Waals surface area contributed by atoms with Gasteiger partial charge in [-0.3, -0.25) is 4.79 Å². The number of nitrogens with one attached hydrogen (secondary N) is 1. The molecule has 0 fully saturated rings. The van der Waals surface area contributed by atoms with Crippen LogP contribution in [0.2, 0.25) is 0 Å². The lowest BCUT2D eigenvalue weighted by molar-refractivity contribution is 0.102. The van der Waals surface area contributed by atoms with Crippen LogP contribution in [0, 0.1) is 11.8 Å². The number of rotatable bonds is 2. The molecule has 94 valence electrons. The van der Waals surface area contributed by atoms with Crippen LogP contribution in [0.1, 0.15) is 16.1 Å². The van der Waals surface area contributed by atoms with E-state index in [9.17, 15) is 4.79 Å². The van der Waals surface area contributed by atoms with Crippen LogP contribution < -0.4 is 11.1 Å². The lowest BCUT2D eigenvalue weighted by Gasteiger charge is -2.03. The Kier molecular flexibility index (Phi) is 4.27. The van der Waals surface area contributed by atoms with Crippen molar-refractivity contribution in [2.24, 2.45) is 5.73 Å². The van der Waals surface area contributed by atoms with Gasteiger partial charge >= 0.3 is 0 Å². The minimum atomic E-state index is -0.246. The van der Waals surface area contributed by atoms with Crippen molar-refractivity contribution in [1.29, 1.82) is 0 Å². The summed E-state index contributed by atoms with van der Waals surface area (Å²) in [4.78, 5) is 16.0. The number of nitrogens with two attached hydrogens (primary N) is 1. The van der Waals surface area contributed by atoms with Crippen LogP contribution in [0.3, 0.4) is 0 Å². The van der Waals surface area contributed by atoms with Gasteiger partial charge in [-0.2, -0.15) is 0 Å². The fourth-order valence-corrected chi connectivity index (χ4v) is 1.47. The second kappa shape index (κ2) is 6.34. The van der Waals surface area contributed by atoms with Gasteiger partial charge in [0.25, 0.3) is 5.91 Å². The van der Waals surface area contributed by atoms with Gasteiger partial charge in [0.2, 0.25) is 0 Å². The number of carbonyl (C=O) groups is 1. The van der Waals surface area contributed by atoms with Gasteiger partial charge in [0.1, 0.15) is 5.69 Å². The molecule has 2 aromatic rings. The number of hydrogen-bond donors (Lipinski definition) is 2. The molecule has 2 rings (SSSR count). The van der Waals surface area contributed by atoms with Gasteiger partial charge in [-0.25, -0.2) is 4.98 Å². The first-order valence-corrected chi connectivity index (χ1v) is 5.81. The number of aromatic nitrogens is 1. The summed E-state index contributed by atoms with van der Waals surface area (Å²) in [7, 11) is 0. The zero-order valence-corrected chi connectivity index (χ0v) is 10.3. The van der Waals surface area contributed by atoms with Crippen LogP contribution in [0.15, 0.2) is 48.7 Å². The highest BCUT2D eigenvalue weighted by molar-refractivity contribution is 6.02. The van der Waals surface area contributed by atoms with E-state index in [-0.39, 0.29) is 5.91 Å². The summed E-state index contributed by atoms with van der Waals surface area (Å²) < 4.78 is 0. The molecule has 0 aliphatic heterocycles. The molecule has 1 aromatic heterocycles. The van der Waals surface area contributed by atoms with E-state index in [1.54, 1.807) is 18.3 Å². The van der Waals surface area contributed by atoms with Gasteiger partial charge in [0.15, 0.2) is 0 Å². The maximum atomic E-state index is 11.9. The normalized spacial score (nSPS) is 9.32. The molecule has 0 saturated heterocycles. The predicted octanol–water partition coefficient (Wildman–Crippen LogP) is 1.64. The van der Waals surface area contributed by atoms with Gasteiger partial charge in [-0.05, 0) is 24.3 Å². The van der Waals surface area contributed by atoms with Crippen LogP contribution >= 0.6 is 0 Å². The SMILES string of the molecule is NCC#Cc1ccc(C(=O)Nc2ccccc2)nc1. The van der Waals surface area contributed by atoms with Crippen molar-refractivity contribution in [2.45, 2.75) is 0 Å². The summed E-state index contributed by atoms with van der Waals surface area (Å²) in [6.07, 6.45) is 1.56. The molecule has 1 aromatic carbocycles. The third-order valence-corrected chi connectivity index (χ3v) is 2.36. The summed E-state index contributed by atoms with van der Waals surface area (Å²) in [6.45, 7) is 0.302. The van der Waals surface area contributed by atoms with Crippen molar-refractivity contribution < 1.29 is 4.79 Å². The molecule has 19 heavy (non-hydrogen) atoms. The number of para-hydroxylation sites is 1. The third-order valence-electron chi connectivity index (χ3n) is 2.36. The topological polar surface area (TPSA) is 68.0 Å². The molecular formula is C15H13N3O. The second-order valence-electron chi connectivity index (χ2n) is 3.76. The highest BCUT2D eigenvalue weighted by Gasteiger charge is 2.06. The van der Waals surface area contributed by atoms with E-state index in [0.717, 1.165) is 11.3 Å². The van der Waals surface area contributed by atoms with Crippen molar-refractivity contribution in [3.63, 3.8) is 0 Å². The lowest BCUT2D eigenvalue weighted by atomic mass is 10.2. The first-order valence-electron chi connectivity index (χ1n) is 5.81. The lowest BCUT2D eigenvalue weighted by Crippen LogP contribution is -2.13. The standard InChI is InChI=1S/C15H13N3O/c16-10-4-5-12-8-9-14(17-11-12)15(19)18-13-6-2-1-3-7-13/h1-3,6-9,11H,10,16H2,(H,18,19). The van der Waals surface area contributed by atoms with Crippen molar-refractivity contribution in [2.75, 3.05) is 11.9 Å². The molecule has 0 saturated carbocycles. The predicted molar refractivity (Wildman–Crippen MR) is 74.6 cm³/mol. The van der Waals surface area contributed by atoms with Crippen LogP contribution in [-0.4, -0.2) is 17.4 Å². The molecule has 3 N–H and O–H groups in total. The molecule has 1 amide bonds. The summed E-state index contributed by atoms with van der Waals surface area (Å²) in [6, 6.07) is 12.6. The maximum Gasteiger partial charge on any atom is 0.274 e. The summed E-state index contributed by atoms with van der Waals surface area (Å²) in [5, 5.41) is 2.76. The third kappa shape index (κ3) is 3.66. The van der Waals surface area contributed by atoms with Crippen molar-refractivity contribution >= 4 is 11.6 Å². The Bertz CT molecular complexity index is 609. The number of pyridine rings is 1. The van der Waals surface area contributed by atoms with E-state index < -0.39 is 0 Å². The highest BCUT2D eigenvalue weighted by Crippen LogP contribution is 2.07. The average Bonchev–Trinajstić information content (AvgIpc) is 2.46. The molecule has 0 unspecified atom stereocenters. The van der Waals surface area contributed by atoms with E-state index in [2.05, 4.69) is 22.1 Å². The molecule has 0 spiro atoms. The molecule has 1 heterocycles. The molecule has 0 bridgehead atoms. The number of carbonyl (C=O) groups excluding carboxylic acids is 1. The maximum absolute atomic E-state index is 11.9. The first kappa shape index (κ1) is 12.8. The Labute approximate surface area is 111 Å². The monoisotopic (exact) mass is 251 g/mol. The molecule has 4 heteroatoms. The zero-order chi connectivity index (χ0) is 13.5. The van der Waals surface area contributed by atoms with Gasteiger partial charge in [-0.15, -0.1) is 0 Å². The van der Waals surface area contributed by atoms with E-state index in [1.807, 2.05) is 30.3 Å². The van der Waals surface area contributed by atoms with Crippen molar-refractivity contribution in [3.8, 4) is 11.8 Å². The Morgan fingerprint density at radius 1 is 1.21 bits per heavy atom. The number of benzene rings is 1. The van der Waals surface area contributed by atoms with E-state index in [4.69, 9.17) is 5.73 Å². The minimum Gasteiger partial charge on any atom is -0.321 e. The van der Waals surface area contributed by atoms with Crippen LogP contribution in [0.4, 0.5) is 5.69 Å². The van der Waals surface area contributed by atoms with E-state index >= 15 is 0 Å². The molecular weight excluding hydrogens is 238 g/mol. The Balaban J connectivity index is 2.08. The fourth-order valence-electron chi connectivity index (χ4n) is 1.47. The van der Waals surface area contributed by atoms with Crippen molar-refractivity contribution in [1.82, 2.24) is 4.98 Å². The number of anilines is 1. The summed E-state index contributed by atoms with van der Waals surface area (Å²) in [5.41, 5.74) is 7.11. The summed E-state index contributed by atoms with van der Waals surface area (Å²) >= 11 is 0. The number of amides is 1. The van der Waals surface area contributed by atoms with Crippen LogP contribution in [0.5, 0.6) is 0 Å². The van der Waals surface area contributed by atoms with E-state index in [0.29, 0.717) is 12.2 Å². The number of hydrogen-bond acceptors (Lipinski definition) is 3. The van der Waals surface area contributed by atoms with Crippen molar-refractivity contribution in [3.05, 3.63) is 59.9 Å². The Hall–Kier alpha value is -2.64. The molecule has 0 aliphatic carbocycles. The number of nitrogens with zero attached hydrogens (tertiary/aromatic N) is 1. The molecule has 0 radical (unpaired) electrons. The van der Waals surface area contributed by atoms with Gasteiger partial charge in [-0.1, -0.05) is 30.0 Å². The highest BCUT2D eigenvalue weighted by atomic mass is 16.1. The van der Waals surface area contributed by atoms with Gasteiger partial charge < -0.3 is 11.1 Å². The van der Waals surface area contributed by atoms with Gasteiger partial charge in [0.05, 0.1) is 6.54 Å². The Morgan fingerprint density at radius 2 is 2.00 bits per heavy atom. The fraction of sp³-hybridized carbons (Fsp3) is 0.0667. The molecule has 0 aliphatic rings. The van der Waals surface area contributed by atoms with Crippen LogP contribution in [0.25, 0.3) is 0 Å². The first-order chi connectivity index (χ1) is 9.29. The smallest absolute Gasteiger partial charge is 0.274 e.